The van der Waals surface area contributed by atoms with Crippen LogP contribution >= 0.6 is 11.8 Å². The number of hydrogen-bond donors (Lipinski definition) is 0. The number of carbonyl (C=O) groups is 1. The largest absolute Gasteiger partial charge is 0.340 e. The van der Waals surface area contributed by atoms with Crippen molar-refractivity contribution in [2.45, 2.75) is 44.8 Å². The van der Waals surface area contributed by atoms with Crippen LogP contribution in [0.1, 0.15) is 37.6 Å². The molecule has 132 valence electrons. The van der Waals surface area contributed by atoms with Gasteiger partial charge in [-0.3, -0.25) is 14.2 Å². The van der Waals surface area contributed by atoms with Crippen molar-refractivity contribution in [3.05, 3.63) is 21.6 Å². The van der Waals surface area contributed by atoms with Gasteiger partial charge in [0, 0.05) is 49.6 Å². The van der Waals surface area contributed by atoms with E-state index < -0.39 is 0 Å². The zero-order valence-electron chi connectivity index (χ0n) is 14.7. The second kappa shape index (κ2) is 7.27. The van der Waals surface area contributed by atoms with Gasteiger partial charge in [0.25, 0.3) is 5.56 Å². The molecule has 3 heterocycles. The van der Waals surface area contributed by atoms with Crippen LogP contribution in [0.5, 0.6) is 0 Å². The maximum atomic E-state index is 12.7. The molecule has 0 saturated carbocycles. The summed E-state index contributed by atoms with van der Waals surface area (Å²) in [5, 5.41) is 0.767. The lowest BCUT2D eigenvalue weighted by Crippen LogP contribution is -2.49. The lowest BCUT2D eigenvalue weighted by atomic mass is 10.1. The van der Waals surface area contributed by atoms with Gasteiger partial charge in [-0.1, -0.05) is 25.6 Å². The van der Waals surface area contributed by atoms with Crippen LogP contribution in [0.4, 0.5) is 0 Å². The van der Waals surface area contributed by atoms with Crippen LogP contribution in [0, 0.1) is 6.92 Å². The van der Waals surface area contributed by atoms with E-state index in [2.05, 4.69) is 16.8 Å². The van der Waals surface area contributed by atoms with E-state index in [1.807, 2.05) is 18.7 Å². The van der Waals surface area contributed by atoms with Gasteiger partial charge in [0.15, 0.2) is 5.16 Å². The molecular formula is C17H26N4O2S. The van der Waals surface area contributed by atoms with Crippen molar-refractivity contribution in [1.29, 1.82) is 0 Å². The first-order chi connectivity index (χ1) is 11.5. The maximum Gasteiger partial charge on any atom is 0.257 e. The Balaban J connectivity index is 1.73. The number of nitrogens with zero attached hydrogens (tertiary/aromatic N) is 4. The van der Waals surface area contributed by atoms with Crippen LogP contribution in [-0.4, -0.2) is 63.7 Å². The SMILES string of the molecule is CCc1c(C)nc2n(c1=O)C(CC(=O)N1CCN(CC)CC1)CS2. The average molecular weight is 350 g/mol. The fourth-order valence-electron chi connectivity index (χ4n) is 3.52. The molecule has 0 aliphatic carbocycles. The molecule has 6 nitrogen and oxygen atoms in total. The number of hydrogen-bond acceptors (Lipinski definition) is 5. The molecule has 1 unspecified atom stereocenters. The van der Waals surface area contributed by atoms with Crippen LogP contribution in [0.2, 0.25) is 0 Å². The molecule has 0 radical (unpaired) electrons. The summed E-state index contributed by atoms with van der Waals surface area (Å²) in [4.78, 5) is 34.3. The van der Waals surface area contributed by atoms with E-state index >= 15 is 0 Å². The number of piperazine rings is 1. The first-order valence-corrected chi connectivity index (χ1v) is 9.78. The van der Waals surface area contributed by atoms with Gasteiger partial charge in [-0.2, -0.15) is 0 Å². The number of carbonyl (C=O) groups excluding carboxylic acids is 1. The van der Waals surface area contributed by atoms with E-state index in [0.717, 1.165) is 54.9 Å². The standard InChI is InChI=1S/C17H26N4O2S/c1-4-14-12(3)18-17-21(16(14)23)13(11-24-17)10-15(22)20-8-6-19(5-2)7-9-20/h13H,4-11H2,1-3H3. The van der Waals surface area contributed by atoms with Gasteiger partial charge in [-0.25, -0.2) is 4.98 Å². The first-order valence-electron chi connectivity index (χ1n) is 8.80. The van der Waals surface area contributed by atoms with Crippen LogP contribution in [0.3, 0.4) is 0 Å². The van der Waals surface area contributed by atoms with Crippen molar-refractivity contribution >= 4 is 17.7 Å². The van der Waals surface area contributed by atoms with Gasteiger partial charge in [0.05, 0.1) is 6.04 Å². The minimum Gasteiger partial charge on any atom is -0.340 e. The summed E-state index contributed by atoms with van der Waals surface area (Å²) in [5.41, 5.74) is 1.64. The summed E-state index contributed by atoms with van der Waals surface area (Å²) < 4.78 is 1.76. The third-order valence-corrected chi connectivity index (χ3v) is 6.19. The molecule has 2 aliphatic rings. The molecule has 0 N–H and O–H groups in total. The molecule has 1 atom stereocenters. The normalized spacial score (nSPS) is 21.1. The first kappa shape index (κ1) is 17.5. The zero-order valence-corrected chi connectivity index (χ0v) is 15.6. The second-order valence-electron chi connectivity index (χ2n) is 6.47. The number of aryl methyl sites for hydroxylation is 1. The van der Waals surface area contributed by atoms with Crippen LogP contribution in [-0.2, 0) is 11.2 Å². The topological polar surface area (TPSA) is 58.4 Å². The van der Waals surface area contributed by atoms with Gasteiger partial charge in [0.2, 0.25) is 5.91 Å². The summed E-state index contributed by atoms with van der Waals surface area (Å²) in [7, 11) is 0. The summed E-state index contributed by atoms with van der Waals surface area (Å²) in [6, 6.07) is -0.0624. The van der Waals surface area contributed by atoms with Crippen molar-refractivity contribution < 1.29 is 4.79 Å². The molecule has 1 fully saturated rings. The molecule has 1 saturated heterocycles. The quantitative estimate of drug-likeness (QED) is 0.767. The zero-order chi connectivity index (χ0) is 17.3. The average Bonchev–Trinajstić information content (AvgIpc) is 2.98. The van der Waals surface area contributed by atoms with Gasteiger partial charge < -0.3 is 9.80 Å². The Bertz CT molecular complexity index is 680. The van der Waals surface area contributed by atoms with Crippen molar-refractivity contribution in [2.75, 3.05) is 38.5 Å². The highest BCUT2D eigenvalue weighted by atomic mass is 32.2. The fourth-order valence-corrected chi connectivity index (χ4v) is 4.70. The highest BCUT2D eigenvalue weighted by Gasteiger charge is 2.31. The monoisotopic (exact) mass is 350 g/mol. The molecule has 1 amide bonds. The summed E-state index contributed by atoms with van der Waals surface area (Å²) in [6.45, 7) is 10.5. The Labute approximate surface area is 147 Å². The fraction of sp³-hybridized carbons (Fsp3) is 0.706. The number of thioether (sulfide) groups is 1. The van der Waals surface area contributed by atoms with Gasteiger partial charge in [-0.05, 0) is 19.9 Å². The minimum atomic E-state index is -0.0624. The Hall–Kier alpha value is -1.34. The highest BCUT2D eigenvalue weighted by molar-refractivity contribution is 7.99. The molecule has 0 aromatic carbocycles. The number of fused-ring (bicyclic) bond motifs is 1. The smallest absolute Gasteiger partial charge is 0.257 e. The Kier molecular flexibility index (Phi) is 5.30. The van der Waals surface area contributed by atoms with E-state index in [1.165, 1.54) is 0 Å². The number of amides is 1. The molecule has 0 bridgehead atoms. The van der Waals surface area contributed by atoms with E-state index in [1.54, 1.807) is 16.3 Å². The highest BCUT2D eigenvalue weighted by Crippen LogP contribution is 2.33. The molecule has 2 aliphatic heterocycles. The molecule has 1 aromatic rings. The Morgan fingerprint density at radius 2 is 1.96 bits per heavy atom. The molecule has 1 aromatic heterocycles. The second-order valence-corrected chi connectivity index (χ2v) is 7.46. The van der Waals surface area contributed by atoms with Crippen molar-refractivity contribution in [1.82, 2.24) is 19.4 Å². The summed E-state index contributed by atoms with van der Waals surface area (Å²) in [6.07, 6.45) is 1.09. The summed E-state index contributed by atoms with van der Waals surface area (Å²) >= 11 is 1.59. The van der Waals surface area contributed by atoms with E-state index in [4.69, 9.17) is 0 Å². The third kappa shape index (κ3) is 3.24. The van der Waals surface area contributed by atoms with Gasteiger partial charge in [-0.15, -0.1) is 0 Å². The minimum absolute atomic E-state index is 0.0404. The van der Waals surface area contributed by atoms with Crippen LogP contribution < -0.4 is 5.56 Å². The lowest BCUT2D eigenvalue weighted by molar-refractivity contribution is -0.133. The van der Waals surface area contributed by atoms with E-state index in [-0.39, 0.29) is 17.5 Å². The van der Waals surface area contributed by atoms with E-state index in [0.29, 0.717) is 12.8 Å². The molecule has 7 heteroatoms. The van der Waals surface area contributed by atoms with Gasteiger partial charge in [0.1, 0.15) is 0 Å². The Morgan fingerprint density at radius 1 is 1.25 bits per heavy atom. The van der Waals surface area contributed by atoms with Gasteiger partial charge >= 0.3 is 0 Å². The van der Waals surface area contributed by atoms with E-state index in [9.17, 15) is 9.59 Å². The predicted octanol–water partition coefficient (Wildman–Crippen LogP) is 1.32. The molecule has 0 spiro atoms. The van der Waals surface area contributed by atoms with Crippen LogP contribution in [0.15, 0.2) is 9.95 Å². The van der Waals surface area contributed by atoms with Crippen molar-refractivity contribution in [3.63, 3.8) is 0 Å². The van der Waals surface area contributed by atoms with Crippen molar-refractivity contribution in [3.8, 4) is 0 Å². The molecular weight excluding hydrogens is 324 g/mol. The summed E-state index contributed by atoms with van der Waals surface area (Å²) in [5.74, 6) is 0.921. The predicted molar refractivity (Wildman–Crippen MR) is 95.7 cm³/mol. The number of rotatable bonds is 4. The number of likely N-dealkylation sites (N-methyl/N-ethyl adjacent to an activating group) is 1. The molecule has 24 heavy (non-hydrogen) atoms. The number of aromatic nitrogens is 2. The van der Waals surface area contributed by atoms with Crippen molar-refractivity contribution in [2.24, 2.45) is 0 Å². The van der Waals surface area contributed by atoms with Crippen LogP contribution in [0.25, 0.3) is 0 Å². The third-order valence-electron chi connectivity index (χ3n) is 5.09. The lowest BCUT2D eigenvalue weighted by Gasteiger charge is -2.34. The Morgan fingerprint density at radius 3 is 2.58 bits per heavy atom. The maximum absolute atomic E-state index is 12.7. The molecule has 3 rings (SSSR count).